The number of rotatable bonds is 30. The number of ether oxygens (including phenoxy) is 6. The Hall–Kier alpha value is -2.00. The second-order valence-electron chi connectivity index (χ2n) is 10.2. The van der Waals surface area contributed by atoms with Crippen LogP contribution in [0.25, 0.3) is 0 Å². The van der Waals surface area contributed by atoms with E-state index in [0.717, 1.165) is 12.8 Å². The topological polar surface area (TPSA) is 89.5 Å². The maximum atomic E-state index is 11.8. The van der Waals surface area contributed by atoms with Gasteiger partial charge in [-0.2, -0.15) is 0 Å². The lowest BCUT2D eigenvalue weighted by molar-refractivity contribution is -0.145. The van der Waals surface area contributed by atoms with E-state index in [1.54, 1.807) is 24.3 Å². The number of carbonyl (C=O) groups is 2. The van der Waals surface area contributed by atoms with Gasteiger partial charge in [0.25, 0.3) is 0 Å². The molecule has 236 valence electrons. The van der Waals surface area contributed by atoms with Crippen LogP contribution >= 0.6 is 0 Å². The highest BCUT2D eigenvalue weighted by Crippen LogP contribution is 2.13. The van der Waals surface area contributed by atoms with Crippen LogP contribution < -0.4 is 0 Å². The van der Waals surface area contributed by atoms with Crippen molar-refractivity contribution in [1.82, 2.24) is 0 Å². The first-order chi connectivity index (χ1) is 20.2. The Morgan fingerprint density at radius 2 is 0.878 bits per heavy atom. The summed E-state index contributed by atoms with van der Waals surface area (Å²) in [6, 6.07) is 8.86. The first kappa shape index (κ1) is 37.0. The summed E-state index contributed by atoms with van der Waals surface area (Å²) in [5.41, 5.74) is 0.528. The molecular formula is C33H56O8. The van der Waals surface area contributed by atoms with E-state index in [1.165, 1.54) is 70.6 Å². The molecule has 0 saturated heterocycles. The smallest absolute Gasteiger partial charge is 0.338 e. The van der Waals surface area contributed by atoms with Crippen LogP contribution in [0, 0.1) is 0 Å². The van der Waals surface area contributed by atoms with E-state index < -0.39 is 0 Å². The summed E-state index contributed by atoms with van der Waals surface area (Å²) in [4.78, 5) is 23.6. The highest BCUT2D eigenvalue weighted by molar-refractivity contribution is 5.89. The van der Waals surface area contributed by atoms with E-state index in [2.05, 4.69) is 6.92 Å². The summed E-state index contributed by atoms with van der Waals surface area (Å²) in [5, 5.41) is 0. The predicted molar refractivity (Wildman–Crippen MR) is 161 cm³/mol. The quantitative estimate of drug-likeness (QED) is 0.0715. The van der Waals surface area contributed by atoms with E-state index in [0.29, 0.717) is 64.8 Å². The minimum Gasteiger partial charge on any atom is -0.463 e. The third-order valence-corrected chi connectivity index (χ3v) is 6.56. The van der Waals surface area contributed by atoms with Gasteiger partial charge in [0.15, 0.2) is 0 Å². The van der Waals surface area contributed by atoms with Gasteiger partial charge in [-0.15, -0.1) is 0 Å². The van der Waals surface area contributed by atoms with Crippen molar-refractivity contribution in [3.63, 3.8) is 0 Å². The van der Waals surface area contributed by atoms with Crippen LogP contribution in [0.15, 0.2) is 30.3 Å². The molecule has 1 aromatic carbocycles. The van der Waals surface area contributed by atoms with Gasteiger partial charge in [0.1, 0.15) is 13.2 Å². The molecule has 0 N–H and O–H groups in total. The molecule has 0 radical (unpaired) electrons. The SMILES string of the molecule is CCCCCCCCCCCCCCCC(=O)OCCOCCOCCOCCOCCOC(=O)c1ccccc1. The monoisotopic (exact) mass is 580 g/mol. The van der Waals surface area contributed by atoms with E-state index in [9.17, 15) is 9.59 Å². The van der Waals surface area contributed by atoms with E-state index >= 15 is 0 Å². The molecule has 1 rings (SSSR count). The van der Waals surface area contributed by atoms with Crippen molar-refractivity contribution < 1.29 is 38.0 Å². The number of esters is 2. The fourth-order valence-electron chi connectivity index (χ4n) is 4.19. The highest BCUT2D eigenvalue weighted by atomic mass is 16.6. The van der Waals surface area contributed by atoms with Crippen LogP contribution in [0.1, 0.15) is 107 Å². The molecule has 0 aliphatic heterocycles. The Kier molecular flexibility index (Phi) is 26.6. The normalized spacial score (nSPS) is 11.0. The lowest BCUT2D eigenvalue weighted by Crippen LogP contribution is -2.15. The molecule has 0 aromatic heterocycles. The largest absolute Gasteiger partial charge is 0.463 e. The van der Waals surface area contributed by atoms with Crippen molar-refractivity contribution in [3.05, 3.63) is 35.9 Å². The van der Waals surface area contributed by atoms with Gasteiger partial charge in [-0.05, 0) is 18.6 Å². The first-order valence-electron chi connectivity index (χ1n) is 15.9. The Labute approximate surface area is 248 Å². The van der Waals surface area contributed by atoms with Gasteiger partial charge >= 0.3 is 11.9 Å². The standard InChI is InChI=1S/C33H56O8/c1-2-3-4-5-6-7-8-9-10-11-12-13-17-20-32(34)40-29-27-38-25-23-36-21-22-37-24-26-39-28-30-41-33(35)31-18-15-14-16-19-31/h14-16,18-19H,2-13,17,20-30H2,1H3. The summed E-state index contributed by atoms with van der Waals surface area (Å²) in [5.74, 6) is -0.491. The van der Waals surface area contributed by atoms with Crippen molar-refractivity contribution in [3.8, 4) is 0 Å². The Morgan fingerprint density at radius 1 is 0.488 bits per heavy atom. The molecule has 0 fully saturated rings. The summed E-state index contributed by atoms with van der Waals surface area (Å²) < 4.78 is 32.1. The van der Waals surface area contributed by atoms with Crippen molar-refractivity contribution in [1.29, 1.82) is 0 Å². The van der Waals surface area contributed by atoms with Crippen molar-refractivity contribution in [2.45, 2.75) is 96.8 Å². The summed E-state index contributed by atoms with van der Waals surface area (Å²) in [6.45, 7) is 6.14. The van der Waals surface area contributed by atoms with Crippen molar-refractivity contribution in [2.24, 2.45) is 0 Å². The number of carbonyl (C=O) groups excluding carboxylic acids is 2. The first-order valence-corrected chi connectivity index (χ1v) is 15.9. The molecule has 8 heteroatoms. The summed E-state index contributed by atoms with van der Waals surface area (Å²) in [6.07, 6.45) is 17.3. The maximum absolute atomic E-state index is 11.8. The lowest BCUT2D eigenvalue weighted by atomic mass is 10.0. The molecule has 0 atom stereocenters. The summed E-state index contributed by atoms with van der Waals surface area (Å²) in [7, 11) is 0. The number of hydrogen-bond donors (Lipinski definition) is 0. The van der Waals surface area contributed by atoms with Gasteiger partial charge in [0.2, 0.25) is 0 Å². The zero-order valence-corrected chi connectivity index (χ0v) is 25.6. The molecule has 0 spiro atoms. The maximum Gasteiger partial charge on any atom is 0.338 e. The van der Waals surface area contributed by atoms with Gasteiger partial charge in [-0.25, -0.2) is 4.79 Å². The molecule has 0 bridgehead atoms. The van der Waals surface area contributed by atoms with Gasteiger partial charge in [-0.1, -0.05) is 102 Å². The summed E-state index contributed by atoms with van der Waals surface area (Å²) >= 11 is 0. The highest BCUT2D eigenvalue weighted by Gasteiger charge is 2.05. The van der Waals surface area contributed by atoms with Gasteiger partial charge in [0, 0.05) is 6.42 Å². The number of hydrogen-bond acceptors (Lipinski definition) is 8. The fourth-order valence-corrected chi connectivity index (χ4v) is 4.19. The second kappa shape index (κ2) is 29.5. The average molecular weight is 581 g/mol. The average Bonchev–Trinajstić information content (AvgIpc) is 2.99. The van der Waals surface area contributed by atoms with Gasteiger partial charge in [0.05, 0.1) is 58.4 Å². The molecule has 41 heavy (non-hydrogen) atoms. The zero-order chi connectivity index (χ0) is 29.5. The Bertz CT molecular complexity index is 712. The fraction of sp³-hybridized carbons (Fsp3) is 0.758. The third kappa shape index (κ3) is 25.4. The lowest BCUT2D eigenvalue weighted by Gasteiger charge is -2.08. The van der Waals surface area contributed by atoms with Gasteiger partial charge < -0.3 is 28.4 Å². The molecular weight excluding hydrogens is 524 g/mol. The van der Waals surface area contributed by atoms with E-state index in [-0.39, 0.29) is 25.2 Å². The Morgan fingerprint density at radius 3 is 1.34 bits per heavy atom. The van der Waals surface area contributed by atoms with E-state index in [4.69, 9.17) is 28.4 Å². The minimum atomic E-state index is -0.354. The van der Waals surface area contributed by atoms with Gasteiger partial charge in [-0.3, -0.25) is 4.79 Å². The molecule has 8 nitrogen and oxygen atoms in total. The van der Waals surface area contributed by atoms with Crippen LogP contribution in [-0.4, -0.2) is 78.0 Å². The molecule has 0 aliphatic carbocycles. The van der Waals surface area contributed by atoms with E-state index in [1.807, 2.05) is 6.07 Å². The number of unbranched alkanes of at least 4 members (excludes halogenated alkanes) is 12. The predicted octanol–water partition coefficient (Wildman–Crippen LogP) is 6.93. The zero-order valence-electron chi connectivity index (χ0n) is 25.6. The van der Waals surface area contributed by atoms with Crippen LogP contribution in [0.5, 0.6) is 0 Å². The van der Waals surface area contributed by atoms with Crippen LogP contribution in [0.3, 0.4) is 0 Å². The molecule has 0 aliphatic rings. The minimum absolute atomic E-state index is 0.137. The van der Waals surface area contributed by atoms with Crippen LogP contribution in [-0.2, 0) is 33.2 Å². The molecule has 0 heterocycles. The number of benzene rings is 1. The molecule has 0 unspecified atom stereocenters. The third-order valence-electron chi connectivity index (χ3n) is 6.56. The Balaban J connectivity index is 1.71. The molecule has 0 saturated carbocycles. The van der Waals surface area contributed by atoms with Crippen LogP contribution in [0.2, 0.25) is 0 Å². The molecule has 1 aromatic rings. The van der Waals surface area contributed by atoms with Crippen LogP contribution in [0.4, 0.5) is 0 Å². The van der Waals surface area contributed by atoms with Crippen molar-refractivity contribution >= 4 is 11.9 Å². The van der Waals surface area contributed by atoms with Crippen molar-refractivity contribution in [2.75, 3.05) is 66.1 Å². The molecule has 0 amide bonds. The second-order valence-corrected chi connectivity index (χ2v) is 10.2.